The number of hydrogen-bond acceptors (Lipinski definition) is 4. The number of hydrogen-bond donors (Lipinski definition) is 1. The molecule has 0 aliphatic carbocycles. The first-order valence-electron chi connectivity index (χ1n) is 8.02. The van der Waals surface area contributed by atoms with Crippen molar-refractivity contribution in [3.8, 4) is 0 Å². The van der Waals surface area contributed by atoms with Gasteiger partial charge in [-0.3, -0.25) is 15.0 Å². The van der Waals surface area contributed by atoms with Crippen LogP contribution in [0.25, 0.3) is 0 Å². The number of nitro benzene ring substituents is 1. The summed E-state index contributed by atoms with van der Waals surface area (Å²) in [5.41, 5.74) is 0.546. The first-order valence-corrected chi connectivity index (χ1v) is 8.02. The molecule has 1 aromatic carbocycles. The largest absolute Gasteiger partial charge is 0.314 e. The Bertz CT molecular complexity index is 514. The van der Waals surface area contributed by atoms with E-state index in [0.29, 0.717) is 5.56 Å². The van der Waals surface area contributed by atoms with E-state index in [4.69, 9.17) is 0 Å². The topological polar surface area (TPSA) is 58.4 Å². The Morgan fingerprint density at radius 1 is 1.29 bits per heavy atom. The Balaban J connectivity index is 0.00000264. The fourth-order valence-corrected chi connectivity index (χ4v) is 3.07. The second kappa shape index (κ2) is 11.6. The summed E-state index contributed by atoms with van der Waals surface area (Å²) in [6, 6.07) is 3.73. The quantitative estimate of drug-likeness (QED) is 0.438. The Kier molecular flexibility index (Phi) is 11.1. The third-order valence-corrected chi connectivity index (χ3v) is 4.22. The molecule has 0 saturated carbocycles. The molecule has 138 valence electrons. The summed E-state index contributed by atoms with van der Waals surface area (Å²) in [4.78, 5) is 13.1. The number of rotatable bonds is 7. The Morgan fingerprint density at radius 2 is 1.96 bits per heavy atom. The van der Waals surface area contributed by atoms with Crippen molar-refractivity contribution in [2.45, 2.75) is 38.6 Å². The third-order valence-electron chi connectivity index (χ3n) is 4.22. The van der Waals surface area contributed by atoms with E-state index in [1.165, 1.54) is 18.2 Å². The van der Waals surface area contributed by atoms with Gasteiger partial charge in [-0.2, -0.15) is 0 Å². The predicted molar refractivity (Wildman–Crippen MR) is 98.9 cm³/mol. The van der Waals surface area contributed by atoms with Crippen molar-refractivity contribution in [1.82, 2.24) is 10.2 Å². The van der Waals surface area contributed by atoms with Crippen molar-refractivity contribution in [2.75, 3.05) is 26.2 Å². The number of nitrogens with zero attached hydrogens (tertiary/aromatic N) is 2. The van der Waals surface area contributed by atoms with Crippen LogP contribution in [0.5, 0.6) is 0 Å². The van der Waals surface area contributed by atoms with Crippen molar-refractivity contribution in [1.29, 1.82) is 0 Å². The highest BCUT2D eigenvalue weighted by atomic mass is 35.5. The van der Waals surface area contributed by atoms with Gasteiger partial charge in [0.15, 0.2) is 0 Å². The van der Waals surface area contributed by atoms with Crippen molar-refractivity contribution in [3.05, 3.63) is 39.7 Å². The minimum Gasteiger partial charge on any atom is -0.314 e. The summed E-state index contributed by atoms with van der Waals surface area (Å²) < 4.78 is 13.7. The van der Waals surface area contributed by atoms with Crippen LogP contribution < -0.4 is 5.32 Å². The molecule has 0 spiro atoms. The van der Waals surface area contributed by atoms with Gasteiger partial charge >= 0.3 is 0 Å². The first kappa shape index (κ1) is 23.1. The van der Waals surface area contributed by atoms with Gasteiger partial charge in [0.25, 0.3) is 5.69 Å². The minimum absolute atomic E-state index is 0. The molecule has 0 aromatic heterocycles. The van der Waals surface area contributed by atoms with Gasteiger partial charge in [0, 0.05) is 43.9 Å². The molecule has 1 saturated heterocycles. The molecule has 1 aliphatic heterocycles. The summed E-state index contributed by atoms with van der Waals surface area (Å²) in [6.07, 6.45) is 4.02. The molecule has 1 fully saturated rings. The number of benzene rings is 1. The molecule has 1 N–H and O–H groups in total. The lowest BCUT2D eigenvalue weighted by atomic mass is 9.96. The van der Waals surface area contributed by atoms with E-state index in [9.17, 15) is 14.5 Å². The highest BCUT2D eigenvalue weighted by Gasteiger charge is 2.28. The fraction of sp³-hybridized carbons (Fsp3) is 0.625. The van der Waals surface area contributed by atoms with Gasteiger partial charge in [-0.25, -0.2) is 4.39 Å². The summed E-state index contributed by atoms with van der Waals surface area (Å²) in [7, 11) is 0. The number of unbranched alkanes of at least 4 members (excludes halogenated alkanes) is 2. The van der Waals surface area contributed by atoms with Crippen LogP contribution in [0.3, 0.4) is 0 Å². The van der Waals surface area contributed by atoms with E-state index in [2.05, 4.69) is 17.1 Å². The van der Waals surface area contributed by atoms with E-state index in [1.54, 1.807) is 0 Å². The normalized spacial score (nSPS) is 15.9. The van der Waals surface area contributed by atoms with Gasteiger partial charge in [-0.1, -0.05) is 26.2 Å². The Labute approximate surface area is 155 Å². The summed E-state index contributed by atoms with van der Waals surface area (Å²) in [6.45, 7) is 5.54. The van der Waals surface area contributed by atoms with Crippen LogP contribution in [0.4, 0.5) is 10.1 Å². The summed E-state index contributed by atoms with van der Waals surface area (Å²) in [5, 5.41) is 14.6. The highest BCUT2D eigenvalue weighted by Crippen LogP contribution is 2.34. The Hall–Kier alpha value is -0.950. The second-order valence-corrected chi connectivity index (χ2v) is 5.76. The summed E-state index contributed by atoms with van der Waals surface area (Å²) in [5.74, 6) is -0.406. The van der Waals surface area contributed by atoms with Crippen molar-refractivity contribution >= 4 is 30.5 Å². The summed E-state index contributed by atoms with van der Waals surface area (Å²) >= 11 is 0. The number of piperazine rings is 1. The maximum atomic E-state index is 13.7. The molecular formula is C16H26Cl2FN3O2. The number of nitrogens with one attached hydrogen (secondary N) is 1. The standard InChI is InChI=1S/C16H24FN3O2.2ClH/c1-2-3-4-5-15(19-10-8-18-9-11-19)14-12-13(17)6-7-16(14)20(21)22;;/h6-7,12,15,18H,2-5,8-11H2,1H3;2*1H/t15-;;/m1../s1. The van der Waals surface area contributed by atoms with Gasteiger partial charge in [0.2, 0.25) is 0 Å². The number of halogens is 3. The zero-order valence-corrected chi connectivity index (χ0v) is 15.5. The maximum absolute atomic E-state index is 13.7. The molecule has 1 heterocycles. The van der Waals surface area contributed by atoms with E-state index in [0.717, 1.165) is 51.9 Å². The van der Waals surface area contributed by atoms with Crippen molar-refractivity contribution in [3.63, 3.8) is 0 Å². The predicted octanol–water partition coefficient (Wildman–Crippen LogP) is 4.10. The molecule has 1 atom stereocenters. The monoisotopic (exact) mass is 381 g/mol. The van der Waals surface area contributed by atoms with Crippen molar-refractivity contribution < 1.29 is 9.31 Å². The van der Waals surface area contributed by atoms with E-state index in [-0.39, 0.29) is 36.5 Å². The lowest BCUT2D eigenvalue weighted by Crippen LogP contribution is -2.45. The van der Waals surface area contributed by atoms with Crippen LogP contribution in [0.1, 0.15) is 44.2 Å². The zero-order chi connectivity index (χ0) is 15.9. The van der Waals surface area contributed by atoms with Gasteiger partial charge in [-0.15, -0.1) is 24.8 Å². The van der Waals surface area contributed by atoms with Crippen LogP contribution in [-0.4, -0.2) is 36.0 Å². The smallest absolute Gasteiger partial charge is 0.274 e. The maximum Gasteiger partial charge on any atom is 0.274 e. The molecule has 0 radical (unpaired) electrons. The molecule has 24 heavy (non-hydrogen) atoms. The van der Waals surface area contributed by atoms with E-state index < -0.39 is 10.7 Å². The van der Waals surface area contributed by atoms with E-state index in [1.807, 2.05) is 0 Å². The van der Waals surface area contributed by atoms with Crippen LogP contribution in [0.15, 0.2) is 18.2 Å². The average molecular weight is 382 g/mol. The molecule has 1 aromatic rings. The van der Waals surface area contributed by atoms with Gasteiger partial charge in [0.1, 0.15) is 5.82 Å². The molecule has 2 rings (SSSR count). The van der Waals surface area contributed by atoms with Crippen LogP contribution in [0, 0.1) is 15.9 Å². The second-order valence-electron chi connectivity index (χ2n) is 5.76. The molecule has 0 unspecified atom stereocenters. The average Bonchev–Trinajstić information content (AvgIpc) is 2.52. The van der Waals surface area contributed by atoms with Crippen LogP contribution >= 0.6 is 24.8 Å². The van der Waals surface area contributed by atoms with E-state index >= 15 is 0 Å². The third kappa shape index (κ3) is 6.16. The van der Waals surface area contributed by atoms with Crippen molar-refractivity contribution in [2.24, 2.45) is 0 Å². The van der Waals surface area contributed by atoms with Crippen LogP contribution in [0.2, 0.25) is 0 Å². The zero-order valence-electron chi connectivity index (χ0n) is 13.9. The molecule has 0 amide bonds. The van der Waals surface area contributed by atoms with Gasteiger partial charge in [0.05, 0.1) is 4.92 Å². The molecule has 8 heteroatoms. The van der Waals surface area contributed by atoms with Gasteiger partial charge in [-0.05, 0) is 18.6 Å². The molecule has 1 aliphatic rings. The minimum atomic E-state index is -0.406. The fourth-order valence-electron chi connectivity index (χ4n) is 3.07. The van der Waals surface area contributed by atoms with Crippen LogP contribution in [-0.2, 0) is 0 Å². The number of nitro groups is 1. The molecule has 0 bridgehead atoms. The first-order chi connectivity index (χ1) is 10.6. The SMILES string of the molecule is CCCCC[C@H](c1cc(F)ccc1[N+](=O)[O-])N1CCNCC1.Cl.Cl. The molecule has 5 nitrogen and oxygen atoms in total. The lowest BCUT2D eigenvalue weighted by Gasteiger charge is -2.35. The highest BCUT2D eigenvalue weighted by molar-refractivity contribution is 5.85. The Morgan fingerprint density at radius 3 is 2.54 bits per heavy atom. The van der Waals surface area contributed by atoms with Gasteiger partial charge < -0.3 is 5.32 Å². The molecular weight excluding hydrogens is 356 g/mol. The lowest BCUT2D eigenvalue weighted by molar-refractivity contribution is -0.386.